The standard InChI is InChI=1S/C14H26N2O2S/c1-2-6-14(7-3-8-15-11-14)13(17)16-12-4-9-19(18)10-5-12/h12,15H,2-11H2,1H3,(H,16,17). The summed E-state index contributed by atoms with van der Waals surface area (Å²) in [5.41, 5.74) is -0.205. The van der Waals surface area contributed by atoms with E-state index in [0.717, 1.165) is 63.1 Å². The second-order valence-electron chi connectivity index (χ2n) is 5.91. The summed E-state index contributed by atoms with van der Waals surface area (Å²) in [5.74, 6) is 1.70. The molecule has 5 heteroatoms. The van der Waals surface area contributed by atoms with Gasteiger partial charge in [0.25, 0.3) is 0 Å². The van der Waals surface area contributed by atoms with Gasteiger partial charge in [0.15, 0.2) is 0 Å². The van der Waals surface area contributed by atoms with Gasteiger partial charge in [0.05, 0.1) is 5.41 Å². The molecule has 0 aliphatic carbocycles. The maximum Gasteiger partial charge on any atom is 0.227 e. The zero-order valence-electron chi connectivity index (χ0n) is 11.9. The van der Waals surface area contributed by atoms with Crippen molar-refractivity contribution < 1.29 is 9.00 Å². The molecule has 4 nitrogen and oxygen atoms in total. The van der Waals surface area contributed by atoms with E-state index in [-0.39, 0.29) is 17.4 Å². The van der Waals surface area contributed by atoms with Crippen molar-refractivity contribution in [2.24, 2.45) is 5.41 Å². The third-order valence-electron chi connectivity index (χ3n) is 4.41. The lowest BCUT2D eigenvalue weighted by Gasteiger charge is -2.38. The number of hydrogen-bond donors (Lipinski definition) is 2. The molecule has 2 aliphatic heterocycles. The molecule has 0 aromatic heterocycles. The number of carbonyl (C=O) groups is 1. The van der Waals surface area contributed by atoms with E-state index in [4.69, 9.17) is 0 Å². The molecule has 2 N–H and O–H groups in total. The summed E-state index contributed by atoms with van der Waals surface area (Å²) in [4.78, 5) is 12.6. The zero-order chi connectivity index (χ0) is 13.7. The molecule has 19 heavy (non-hydrogen) atoms. The summed E-state index contributed by atoms with van der Waals surface area (Å²) in [6.07, 6.45) is 5.83. The fourth-order valence-corrected chi connectivity index (χ4v) is 4.54. The van der Waals surface area contributed by atoms with E-state index in [1.165, 1.54) is 0 Å². The van der Waals surface area contributed by atoms with E-state index in [1.807, 2.05) is 0 Å². The Labute approximate surface area is 118 Å². The predicted molar refractivity (Wildman–Crippen MR) is 78.5 cm³/mol. The Morgan fingerprint density at radius 3 is 2.74 bits per heavy atom. The summed E-state index contributed by atoms with van der Waals surface area (Å²) < 4.78 is 11.4. The fourth-order valence-electron chi connectivity index (χ4n) is 3.24. The van der Waals surface area contributed by atoms with E-state index in [1.54, 1.807) is 0 Å². The van der Waals surface area contributed by atoms with E-state index in [2.05, 4.69) is 17.6 Å². The molecule has 110 valence electrons. The highest BCUT2D eigenvalue weighted by molar-refractivity contribution is 7.85. The summed E-state index contributed by atoms with van der Waals surface area (Å²) >= 11 is 0. The topological polar surface area (TPSA) is 58.2 Å². The van der Waals surface area contributed by atoms with Gasteiger partial charge in [-0.3, -0.25) is 9.00 Å². The minimum Gasteiger partial charge on any atom is -0.353 e. The van der Waals surface area contributed by atoms with Gasteiger partial charge in [0, 0.05) is 34.9 Å². The molecule has 0 aromatic carbocycles. The molecule has 0 spiro atoms. The third-order valence-corrected chi connectivity index (χ3v) is 5.79. The molecule has 0 radical (unpaired) electrons. The monoisotopic (exact) mass is 286 g/mol. The van der Waals surface area contributed by atoms with Crippen LogP contribution < -0.4 is 10.6 Å². The number of rotatable bonds is 4. The van der Waals surface area contributed by atoms with E-state index in [0.29, 0.717) is 0 Å². The average Bonchev–Trinajstić information content (AvgIpc) is 2.43. The minimum absolute atomic E-state index is 0.205. The smallest absolute Gasteiger partial charge is 0.227 e. The van der Waals surface area contributed by atoms with Crippen LogP contribution in [0.25, 0.3) is 0 Å². The van der Waals surface area contributed by atoms with Gasteiger partial charge in [-0.05, 0) is 38.6 Å². The van der Waals surface area contributed by atoms with Crippen LogP contribution in [0.4, 0.5) is 0 Å². The summed E-state index contributed by atoms with van der Waals surface area (Å²) in [6, 6.07) is 0.237. The van der Waals surface area contributed by atoms with Crippen molar-refractivity contribution in [2.45, 2.75) is 51.5 Å². The molecule has 2 rings (SSSR count). The van der Waals surface area contributed by atoms with Crippen molar-refractivity contribution >= 4 is 16.7 Å². The number of hydrogen-bond acceptors (Lipinski definition) is 3. The molecule has 2 heterocycles. The molecule has 2 fully saturated rings. The van der Waals surface area contributed by atoms with Crippen LogP contribution in [0, 0.1) is 5.41 Å². The Kier molecular flexibility index (Phi) is 5.39. The van der Waals surface area contributed by atoms with Crippen LogP contribution in [0.2, 0.25) is 0 Å². The van der Waals surface area contributed by atoms with E-state index < -0.39 is 10.8 Å². The van der Waals surface area contributed by atoms with Gasteiger partial charge in [-0.2, -0.15) is 0 Å². The second-order valence-corrected chi connectivity index (χ2v) is 7.60. The number of carbonyl (C=O) groups excluding carboxylic acids is 1. The lowest BCUT2D eigenvalue weighted by atomic mass is 9.76. The van der Waals surface area contributed by atoms with Gasteiger partial charge >= 0.3 is 0 Å². The van der Waals surface area contributed by atoms with Gasteiger partial charge in [0.1, 0.15) is 0 Å². The molecular weight excluding hydrogens is 260 g/mol. The van der Waals surface area contributed by atoms with Crippen LogP contribution in [0.1, 0.15) is 45.4 Å². The lowest BCUT2D eigenvalue weighted by molar-refractivity contribution is -0.133. The van der Waals surface area contributed by atoms with Crippen molar-refractivity contribution in [1.82, 2.24) is 10.6 Å². The normalized spacial score (nSPS) is 35.8. The molecular formula is C14H26N2O2S. The number of amides is 1. The molecule has 0 bridgehead atoms. The molecule has 0 aromatic rings. The van der Waals surface area contributed by atoms with Crippen LogP contribution in [-0.4, -0.2) is 40.8 Å². The highest BCUT2D eigenvalue weighted by Gasteiger charge is 2.39. The SMILES string of the molecule is CCCC1(C(=O)NC2CCS(=O)CC2)CCCNC1. The van der Waals surface area contributed by atoms with Crippen LogP contribution in [0.5, 0.6) is 0 Å². The zero-order valence-corrected chi connectivity index (χ0v) is 12.7. The van der Waals surface area contributed by atoms with Gasteiger partial charge < -0.3 is 10.6 Å². The molecule has 1 unspecified atom stereocenters. The van der Waals surface area contributed by atoms with Crippen LogP contribution in [-0.2, 0) is 15.6 Å². The summed E-state index contributed by atoms with van der Waals surface area (Å²) in [7, 11) is -0.658. The first-order valence-electron chi connectivity index (χ1n) is 7.53. The van der Waals surface area contributed by atoms with Crippen LogP contribution >= 0.6 is 0 Å². The fraction of sp³-hybridized carbons (Fsp3) is 0.929. The second kappa shape index (κ2) is 6.84. The lowest BCUT2D eigenvalue weighted by Crippen LogP contribution is -2.53. The first-order valence-corrected chi connectivity index (χ1v) is 9.02. The van der Waals surface area contributed by atoms with Gasteiger partial charge in [-0.25, -0.2) is 0 Å². The maximum atomic E-state index is 12.6. The Morgan fingerprint density at radius 2 is 2.16 bits per heavy atom. The van der Waals surface area contributed by atoms with Crippen molar-refractivity contribution in [1.29, 1.82) is 0 Å². The Bertz CT molecular complexity index is 325. The largest absolute Gasteiger partial charge is 0.353 e. The number of piperidine rings is 1. The molecule has 2 saturated heterocycles. The number of nitrogens with one attached hydrogen (secondary N) is 2. The van der Waals surface area contributed by atoms with Gasteiger partial charge in [0.2, 0.25) is 5.91 Å². The molecule has 0 saturated carbocycles. The first kappa shape index (κ1) is 15.0. The van der Waals surface area contributed by atoms with Gasteiger partial charge in [-0.1, -0.05) is 13.3 Å². The first-order chi connectivity index (χ1) is 9.16. The molecule has 2 aliphatic rings. The van der Waals surface area contributed by atoms with Gasteiger partial charge in [-0.15, -0.1) is 0 Å². The Morgan fingerprint density at radius 1 is 1.42 bits per heavy atom. The molecule has 1 atom stereocenters. The highest BCUT2D eigenvalue weighted by Crippen LogP contribution is 2.32. The van der Waals surface area contributed by atoms with Crippen molar-refractivity contribution in [3.8, 4) is 0 Å². The summed E-state index contributed by atoms with van der Waals surface area (Å²) in [5, 5.41) is 6.60. The Hall–Kier alpha value is -0.420. The van der Waals surface area contributed by atoms with Crippen LogP contribution in [0.15, 0.2) is 0 Å². The average molecular weight is 286 g/mol. The highest BCUT2D eigenvalue weighted by atomic mass is 32.2. The minimum atomic E-state index is -0.658. The third kappa shape index (κ3) is 3.78. The summed E-state index contributed by atoms with van der Waals surface area (Å²) in [6.45, 7) is 3.99. The van der Waals surface area contributed by atoms with Crippen molar-refractivity contribution in [2.75, 3.05) is 24.6 Å². The maximum absolute atomic E-state index is 12.6. The molecule has 1 amide bonds. The quantitative estimate of drug-likeness (QED) is 0.816. The van der Waals surface area contributed by atoms with Crippen LogP contribution in [0.3, 0.4) is 0 Å². The Balaban J connectivity index is 1.93. The predicted octanol–water partition coefficient (Wildman–Crippen LogP) is 1.18. The van der Waals surface area contributed by atoms with Crippen molar-refractivity contribution in [3.63, 3.8) is 0 Å². The van der Waals surface area contributed by atoms with Crippen molar-refractivity contribution in [3.05, 3.63) is 0 Å². The van der Waals surface area contributed by atoms with E-state index >= 15 is 0 Å². The van der Waals surface area contributed by atoms with E-state index in [9.17, 15) is 9.00 Å².